The molecule has 1 aliphatic heterocycles. The van der Waals surface area contributed by atoms with Crippen molar-refractivity contribution in [3.05, 3.63) is 65.2 Å². The van der Waals surface area contributed by atoms with E-state index in [0.717, 1.165) is 11.1 Å². The Bertz CT molecular complexity index is 696. The Hall–Kier alpha value is -2.86. The lowest BCUT2D eigenvalue weighted by Gasteiger charge is -2.05. The van der Waals surface area contributed by atoms with Crippen LogP contribution in [0.5, 0.6) is 5.75 Å². The Balaban J connectivity index is 0.000000172. The van der Waals surface area contributed by atoms with Gasteiger partial charge in [0.05, 0.1) is 5.56 Å². The second kappa shape index (κ2) is 7.42. The molecule has 0 fully saturated rings. The lowest BCUT2D eigenvalue weighted by Crippen LogP contribution is -2.32. The zero-order valence-corrected chi connectivity index (χ0v) is 12.3. The van der Waals surface area contributed by atoms with E-state index in [4.69, 9.17) is 20.7 Å². The molecule has 1 heterocycles. The summed E-state index contributed by atoms with van der Waals surface area (Å²) in [5, 5.41) is 17.5. The average molecular weight is 315 g/mol. The molecule has 3 rings (SSSR count). The predicted octanol–water partition coefficient (Wildman–Crippen LogP) is 1.70. The summed E-state index contributed by atoms with van der Waals surface area (Å²) in [6.07, 6.45) is 0.273. The molecule has 0 aromatic heterocycles. The fourth-order valence-corrected chi connectivity index (χ4v) is 2.04. The number of hydrogen-bond acceptors (Lipinski definition) is 5. The molecule has 0 radical (unpaired) electrons. The van der Waals surface area contributed by atoms with Gasteiger partial charge in [-0.15, -0.1) is 0 Å². The maximum absolute atomic E-state index is 10.8. The van der Waals surface area contributed by atoms with Crippen LogP contribution < -0.4 is 5.73 Å². The fraction of sp³-hybridized carbons (Fsp3) is 0.176. The molecule has 6 nitrogen and oxygen atoms in total. The minimum Gasteiger partial charge on any atom is -0.508 e. The number of carbonyl (C=O) groups excluding carboxylic acids is 1. The molecule has 0 amide bonds. The van der Waals surface area contributed by atoms with Crippen molar-refractivity contribution in [2.24, 2.45) is 5.73 Å². The number of esters is 1. The molecule has 0 aliphatic carbocycles. The third-order valence-electron chi connectivity index (χ3n) is 3.31. The van der Waals surface area contributed by atoms with Crippen LogP contribution in [0.1, 0.15) is 21.5 Å². The topological polar surface area (TPSA) is 110 Å². The molecular formula is C17H17NO5. The lowest BCUT2D eigenvalue weighted by molar-refractivity contribution is -0.138. The van der Waals surface area contributed by atoms with Gasteiger partial charge in [-0.05, 0) is 30.2 Å². The Labute approximate surface area is 133 Å². The minimum atomic E-state index is -1.02. The lowest BCUT2D eigenvalue weighted by atomic mass is 10.1. The normalized spacial score (nSPS) is 13.3. The van der Waals surface area contributed by atoms with Gasteiger partial charge in [-0.2, -0.15) is 0 Å². The highest BCUT2D eigenvalue weighted by Crippen LogP contribution is 2.18. The number of hydrogen-bond donors (Lipinski definition) is 3. The Morgan fingerprint density at radius 2 is 1.83 bits per heavy atom. The van der Waals surface area contributed by atoms with Crippen molar-refractivity contribution in [1.82, 2.24) is 0 Å². The third kappa shape index (κ3) is 4.55. The van der Waals surface area contributed by atoms with E-state index in [9.17, 15) is 9.59 Å². The standard InChI is InChI=1S/C9H11NO3.C8H6O2/c10-8(9(12)13)5-6-1-3-7(11)4-2-6;9-8-7-4-2-1-3-6(7)5-10-8/h1-4,8,11H,5,10H2,(H,12,13);1-4H,5H2/t8-;/m1./s1. The molecule has 2 aromatic rings. The summed E-state index contributed by atoms with van der Waals surface area (Å²) in [5.41, 5.74) is 7.83. The molecular weight excluding hydrogens is 298 g/mol. The first-order chi connectivity index (χ1) is 11.0. The maximum atomic E-state index is 10.8. The number of carboxylic acid groups (broad SMARTS) is 1. The Kier molecular flexibility index (Phi) is 5.32. The van der Waals surface area contributed by atoms with E-state index >= 15 is 0 Å². The van der Waals surface area contributed by atoms with Gasteiger partial charge in [0.1, 0.15) is 18.4 Å². The number of phenolic OH excluding ortho intramolecular Hbond substituents is 1. The van der Waals surface area contributed by atoms with Gasteiger partial charge in [0.15, 0.2) is 0 Å². The highest BCUT2D eigenvalue weighted by atomic mass is 16.5. The third-order valence-corrected chi connectivity index (χ3v) is 3.31. The van der Waals surface area contributed by atoms with Crippen molar-refractivity contribution in [1.29, 1.82) is 0 Å². The van der Waals surface area contributed by atoms with E-state index in [0.29, 0.717) is 12.2 Å². The molecule has 120 valence electrons. The zero-order valence-electron chi connectivity index (χ0n) is 12.3. The highest BCUT2D eigenvalue weighted by Gasteiger charge is 2.18. The van der Waals surface area contributed by atoms with Crippen molar-refractivity contribution in [2.45, 2.75) is 19.1 Å². The van der Waals surface area contributed by atoms with Crippen molar-refractivity contribution < 1.29 is 24.5 Å². The number of nitrogens with two attached hydrogens (primary N) is 1. The molecule has 1 atom stereocenters. The van der Waals surface area contributed by atoms with E-state index in [1.165, 1.54) is 12.1 Å². The molecule has 0 unspecified atom stereocenters. The second-order valence-corrected chi connectivity index (χ2v) is 5.05. The number of carbonyl (C=O) groups is 2. The Morgan fingerprint density at radius 1 is 1.17 bits per heavy atom. The van der Waals surface area contributed by atoms with Crippen LogP contribution in [0, 0.1) is 0 Å². The Morgan fingerprint density at radius 3 is 2.43 bits per heavy atom. The summed E-state index contributed by atoms with van der Waals surface area (Å²) in [4.78, 5) is 21.2. The number of aliphatic carboxylic acids is 1. The van der Waals surface area contributed by atoms with E-state index in [2.05, 4.69) is 0 Å². The van der Waals surface area contributed by atoms with Crippen molar-refractivity contribution in [3.63, 3.8) is 0 Å². The summed E-state index contributed by atoms with van der Waals surface area (Å²) in [7, 11) is 0. The number of benzene rings is 2. The molecule has 0 spiro atoms. The molecule has 1 aliphatic rings. The van der Waals surface area contributed by atoms with Crippen molar-refractivity contribution in [3.8, 4) is 5.75 Å². The molecule has 6 heteroatoms. The van der Waals surface area contributed by atoms with Gasteiger partial charge < -0.3 is 20.7 Å². The predicted molar refractivity (Wildman–Crippen MR) is 83.0 cm³/mol. The summed E-state index contributed by atoms with van der Waals surface area (Å²) in [6.45, 7) is 0.439. The van der Waals surface area contributed by atoms with Crippen LogP contribution in [-0.2, 0) is 22.6 Å². The largest absolute Gasteiger partial charge is 0.508 e. The fourth-order valence-electron chi connectivity index (χ4n) is 2.04. The molecule has 2 aromatic carbocycles. The summed E-state index contributed by atoms with van der Waals surface area (Å²) in [6, 6.07) is 12.9. The van der Waals surface area contributed by atoms with Gasteiger partial charge in [-0.3, -0.25) is 4.79 Å². The summed E-state index contributed by atoms with van der Waals surface area (Å²) in [5.74, 6) is -1.06. The van der Waals surface area contributed by atoms with Gasteiger partial charge >= 0.3 is 11.9 Å². The molecule has 0 bridgehead atoms. The van der Waals surface area contributed by atoms with Crippen LogP contribution in [0.3, 0.4) is 0 Å². The van der Waals surface area contributed by atoms with Gasteiger partial charge in [0.2, 0.25) is 0 Å². The average Bonchev–Trinajstić information content (AvgIpc) is 2.92. The molecule has 0 saturated heterocycles. The SMILES string of the molecule is N[C@H](Cc1ccc(O)cc1)C(=O)O.O=C1OCc2ccccc21. The van der Waals surface area contributed by atoms with E-state index < -0.39 is 12.0 Å². The van der Waals surface area contributed by atoms with Crippen LogP contribution in [-0.4, -0.2) is 28.2 Å². The van der Waals surface area contributed by atoms with Crippen LogP contribution in [0.4, 0.5) is 0 Å². The number of carboxylic acids is 1. The van der Waals surface area contributed by atoms with E-state index in [-0.39, 0.29) is 18.1 Å². The molecule has 23 heavy (non-hydrogen) atoms. The highest BCUT2D eigenvalue weighted by molar-refractivity contribution is 5.93. The van der Waals surface area contributed by atoms with E-state index in [1.54, 1.807) is 18.2 Å². The van der Waals surface area contributed by atoms with Crippen molar-refractivity contribution >= 4 is 11.9 Å². The number of cyclic esters (lactones) is 1. The van der Waals surface area contributed by atoms with Gasteiger partial charge in [-0.25, -0.2) is 4.79 Å². The number of phenols is 1. The first-order valence-electron chi connectivity index (χ1n) is 6.98. The van der Waals surface area contributed by atoms with Crippen LogP contribution >= 0.6 is 0 Å². The first kappa shape index (κ1) is 16.5. The second-order valence-electron chi connectivity index (χ2n) is 5.05. The number of ether oxygens (including phenoxy) is 1. The quantitative estimate of drug-likeness (QED) is 0.744. The minimum absolute atomic E-state index is 0.160. The maximum Gasteiger partial charge on any atom is 0.338 e. The monoisotopic (exact) mass is 315 g/mol. The van der Waals surface area contributed by atoms with Gasteiger partial charge in [0, 0.05) is 5.56 Å². The summed E-state index contributed by atoms with van der Waals surface area (Å²) >= 11 is 0. The van der Waals surface area contributed by atoms with Crippen LogP contribution in [0.25, 0.3) is 0 Å². The van der Waals surface area contributed by atoms with Crippen molar-refractivity contribution in [2.75, 3.05) is 0 Å². The van der Waals surface area contributed by atoms with Crippen LogP contribution in [0.2, 0.25) is 0 Å². The number of rotatable bonds is 3. The number of aromatic hydroxyl groups is 1. The first-order valence-corrected chi connectivity index (χ1v) is 6.98. The summed E-state index contributed by atoms with van der Waals surface area (Å²) < 4.78 is 4.78. The molecule has 0 saturated carbocycles. The van der Waals surface area contributed by atoms with Crippen LogP contribution in [0.15, 0.2) is 48.5 Å². The molecule has 4 N–H and O–H groups in total. The zero-order chi connectivity index (χ0) is 16.8. The van der Waals surface area contributed by atoms with Gasteiger partial charge in [-0.1, -0.05) is 30.3 Å². The van der Waals surface area contributed by atoms with E-state index in [1.807, 2.05) is 18.2 Å². The smallest absolute Gasteiger partial charge is 0.338 e. The number of fused-ring (bicyclic) bond motifs is 1. The van der Waals surface area contributed by atoms with Gasteiger partial charge in [0.25, 0.3) is 0 Å².